The zero-order valence-electron chi connectivity index (χ0n) is 15.7. The van der Waals surface area contributed by atoms with Gasteiger partial charge in [0.25, 0.3) is 5.56 Å². The number of rotatable bonds is 3. The molecule has 0 radical (unpaired) electrons. The largest absolute Gasteiger partial charge is 0.508 e. The maximum Gasteiger partial charge on any atom is 0.270 e. The number of hydrogen-bond donors (Lipinski definition) is 2. The summed E-state index contributed by atoms with van der Waals surface area (Å²) < 4.78 is 1.49. The van der Waals surface area contributed by atoms with Crippen LogP contribution < -0.4 is 5.56 Å². The minimum atomic E-state index is -0.360. The van der Waals surface area contributed by atoms with Crippen molar-refractivity contribution >= 4 is 10.8 Å². The van der Waals surface area contributed by atoms with E-state index in [2.05, 4.69) is 5.10 Å². The molecule has 0 amide bonds. The van der Waals surface area contributed by atoms with Crippen LogP contribution in [0.15, 0.2) is 65.5 Å². The fourth-order valence-electron chi connectivity index (χ4n) is 3.87. The number of nitrogens with zero attached hydrogens (tertiary/aromatic N) is 1. The van der Waals surface area contributed by atoms with E-state index >= 15 is 0 Å². The molecule has 1 aromatic heterocycles. The molecule has 0 spiro atoms. The van der Waals surface area contributed by atoms with E-state index in [9.17, 15) is 9.90 Å². The summed E-state index contributed by atoms with van der Waals surface area (Å²) in [4.78, 5) is 12.9. The van der Waals surface area contributed by atoms with Crippen LogP contribution in [0.4, 0.5) is 0 Å². The van der Waals surface area contributed by atoms with Crippen LogP contribution in [0.5, 0.6) is 5.75 Å². The van der Waals surface area contributed by atoms with Crippen molar-refractivity contribution in [3.8, 4) is 5.75 Å². The van der Waals surface area contributed by atoms with Gasteiger partial charge in [-0.25, -0.2) is 0 Å². The topological polar surface area (TPSA) is 58.0 Å². The standard InChI is InChI=1S/C23H22N2O2/c1-14-8-10-17(11-9-14)21(20-15(2)24-25(3)23(20)27)22-18-7-5-4-6-16(18)12-13-19(22)26/h4-13,21,24,26H,1-3H3. The molecule has 27 heavy (non-hydrogen) atoms. The summed E-state index contributed by atoms with van der Waals surface area (Å²) in [7, 11) is 1.72. The minimum absolute atomic E-state index is 0.0783. The lowest BCUT2D eigenvalue weighted by molar-refractivity contribution is 0.468. The van der Waals surface area contributed by atoms with Crippen molar-refractivity contribution in [3.63, 3.8) is 0 Å². The molecule has 2 N–H and O–H groups in total. The Morgan fingerprint density at radius 1 is 0.926 bits per heavy atom. The third kappa shape index (κ3) is 2.83. The van der Waals surface area contributed by atoms with E-state index in [1.165, 1.54) is 4.68 Å². The highest BCUT2D eigenvalue weighted by Crippen LogP contribution is 2.40. The number of nitrogens with one attached hydrogen (secondary N) is 1. The Bertz CT molecular complexity index is 1180. The van der Waals surface area contributed by atoms with E-state index in [1.807, 2.05) is 68.4 Å². The first-order valence-corrected chi connectivity index (χ1v) is 9.00. The van der Waals surface area contributed by atoms with Gasteiger partial charge in [-0.1, -0.05) is 60.2 Å². The van der Waals surface area contributed by atoms with Crippen molar-refractivity contribution in [3.05, 3.63) is 99.0 Å². The smallest absolute Gasteiger partial charge is 0.270 e. The number of aromatic hydroxyl groups is 1. The zero-order valence-corrected chi connectivity index (χ0v) is 15.7. The number of aromatic amines is 1. The molecule has 1 heterocycles. The first-order chi connectivity index (χ1) is 13.0. The molecule has 0 aliphatic heterocycles. The van der Waals surface area contributed by atoms with Crippen LogP contribution in [0.2, 0.25) is 0 Å². The fourth-order valence-corrected chi connectivity index (χ4v) is 3.87. The van der Waals surface area contributed by atoms with E-state index in [0.29, 0.717) is 5.56 Å². The quantitative estimate of drug-likeness (QED) is 0.571. The summed E-state index contributed by atoms with van der Waals surface area (Å²) in [5.74, 6) is -0.163. The van der Waals surface area contributed by atoms with Crippen molar-refractivity contribution in [2.45, 2.75) is 19.8 Å². The number of H-pyrrole nitrogens is 1. The van der Waals surface area contributed by atoms with Gasteiger partial charge in [0.1, 0.15) is 5.75 Å². The van der Waals surface area contributed by atoms with Gasteiger partial charge in [-0.15, -0.1) is 0 Å². The minimum Gasteiger partial charge on any atom is -0.508 e. The summed E-state index contributed by atoms with van der Waals surface area (Å²) in [6.45, 7) is 3.94. The van der Waals surface area contributed by atoms with Gasteiger partial charge < -0.3 is 5.11 Å². The van der Waals surface area contributed by atoms with E-state index in [0.717, 1.165) is 33.2 Å². The summed E-state index contributed by atoms with van der Waals surface area (Å²) in [6.07, 6.45) is 0. The van der Waals surface area contributed by atoms with Gasteiger partial charge >= 0.3 is 0 Å². The van der Waals surface area contributed by atoms with Gasteiger partial charge in [-0.2, -0.15) is 0 Å². The van der Waals surface area contributed by atoms with Gasteiger partial charge in [0.15, 0.2) is 0 Å². The van der Waals surface area contributed by atoms with Crippen LogP contribution in [0.25, 0.3) is 10.8 Å². The average molecular weight is 358 g/mol. The number of aryl methyl sites for hydroxylation is 3. The Morgan fingerprint density at radius 2 is 1.63 bits per heavy atom. The van der Waals surface area contributed by atoms with Gasteiger partial charge in [0, 0.05) is 24.2 Å². The molecule has 3 aromatic carbocycles. The monoisotopic (exact) mass is 358 g/mol. The van der Waals surface area contributed by atoms with Crippen molar-refractivity contribution < 1.29 is 5.11 Å². The molecule has 4 heteroatoms. The molecule has 0 aliphatic rings. The molecule has 1 atom stereocenters. The van der Waals surface area contributed by atoms with Crippen molar-refractivity contribution in [2.24, 2.45) is 7.05 Å². The van der Waals surface area contributed by atoms with Gasteiger partial charge in [0.05, 0.1) is 5.56 Å². The third-order valence-corrected chi connectivity index (χ3v) is 5.21. The summed E-state index contributed by atoms with van der Waals surface area (Å²) in [5.41, 5.74) is 4.28. The van der Waals surface area contributed by atoms with Crippen LogP contribution >= 0.6 is 0 Å². The Hall–Kier alpha value is -3.27. The zero-order chi connectivity index (χ0) is 19.1. The average Bonchev–Trinajstić information content (AvgIpc) is 2.91. The van der Waals surface area contributed by atoms with Crippen molar-refractivity contribution in [1.82, 2.24) is 9.78 Å². The molecular formula is C23H22N2O2. The lowest BCUT2D eigenvalue weighted by atomic mass is 9.82. The molecule has 1 unspecified atom stereocenters. The second kappa shape index (κ2) is 6.47. The molecule has 136 valence electrons. The molecule has 4 nitrogen and oxygen atoms in total. The molecule has 4 aromatic rings. The third-order valence-electron chi connectivity index (χ3n) is 5.21. The Balaban J connectivity index is 2.10. The van der Waals surface area contributed by atoms with Crippen LogP contribution in [0, 0.1) is 13.8 Å². The Labute approximate surface area is 157 Å². The molecule has 0 saturated heterocycles. The fraction of sp³-hybridized carbons (Fsp3) is 0.174. The highest BCUT2D eigenvalue weighted by atomic mass is 16.3. The predicted molar refractivity (Wildman–Crippen MR) is 109 cm³/mol. The van der Waals surface area contributed by atoms with Crippen LogP contribution in [-0.4, -0.2) is 14.9 Å². The second-order valence-corrected chi connectivity index (χ2v) is 7.08. The summed E-state index contributed by atoms with van der Waals surface area (Å²) in [5, 5.41) is 15.9. The maximum atomic E-state index is 12.9. The molecular weight excluding hydrogens is 336 g/mol. The highest BCUT2D eigenvalue weighted by Gasteiger charge is 2.28. The van der Waals surface area contributed by atoms with Crippen molar-refractivity contribution in [2.75, 3.05) is 0 Å². The van der Waals surface area contributed by atoms with E-state index < -0.39 is 0 Å². The van der Waals surface area contributed by atoms with Gasteiger partial charge in [-0.3, -0.25) is 14.6 Å². The van der Waals surface area contributed by atoms with Crippen LogP contribution in [-0.2, 0) is 7.05 Å². The number of aromatic nitrogens is 2. The van der Waals surface area contributed by atoms with Crippen molar-refractivity contribution in [1.29, 1.82) is 0 Å². The highest BCUT2D eigenvalue weighted by molar-refractivity contribution is 5.89. The van der Waals surface area contributed by atoms with Crippen LogP contribution in [0.3, 0.4) is 0 Å². The Morgan fingerprint density at radius 3 is 2.30 bits per heavy atom. The number of hydrogen-bond acceptors (Lipinski definition) is 2. The SMILES string of the molecule is Cc1ccc(C(c2c(C)[nH]n(C)c2=O)c2c(O)ccc3ccccc23)cc1. The van der Waals surface area contributed by atoms with Gasteiger partial charge in [0.2, 0.25) is 0 Å². The lowest BCUT2D eigenvalue weighted by Gasteiger charge is -2.21. The molecule has 0 bridgehead atoms. The first-order valence-electron chi connectivity index (χ1n) is 9.00. The molecule has 0 fully saturated rings. The van der Waals surface area contributed by atoms with E-state index in [4.69, 9.17) is 0 Å². The maximum absolute atomic E-state index is 12.9. The Kier molecular flexibility index (Phi) is 4.11. The summed E-state index contributed by atoms with van der Waals surface area (Å²) in [6, 6.07) is 19.7. The number of benzene rings is 3. The second-order valence-electron chi connectivity index (χ2n) is 7.08. The normalized spacial score (nSPS) is 12.4. The number of phenolic OH excluding ortho intramolecular Hbond substituents is 1. The van der Waals surface area contributed by atoms with Crippen LogP contribution in [0.1, 0.15) is 33.9 Å². The molecule has 4 rings (SSSR count). The molecule has 0 aliphatic carbocycles. The number of fused-ring (bicyclic) bond motifs is 1. The number of phenols is 1. The lowest BCUT2D eigenvalue weighted by Crippen LogP contribution is -2.19. The molecule has 0 saturated carbocycles. The van der Waals surface area contributed by atoms with E-state index in [1.54, 1.807) is 13.1 Å². The predicted octanol–water partition coefficient (Wildman–Crippen LogP) is 4.37. The van der Waals surface area contributed by atoms with E-state index in [-0.39, 0.29) is 17.2 Å². The van der Waals surface area contributed by atoms with Gasteiger partial charge in [-0.05, 0) is 36.2 Å². The summed E-state index contributed by atoms with van der Waals surface area (Å²) >= 11 is 0. The first kappa shape index (κ1) is 17.2.